The van der Waals surface area contributed by atoms with Crippen molar-refractivity contribution in [3.8, 4) is 0 Å². The van der Waals surface area contributed by atoms with Crippen molar-refractivity contribution in [2.45, 2.75) is 0 Å². The molecule has 0 unspecified atom stereocenters. The summed E-state index contributed by atoms with van der Waals surface area (Å²) < 4.78 is 26.8. The summed E-state index contributed by atoms with van der Waals surface area (Å²) in [5.41, 5.74) is -1.05. The van der Waals surface area contributed by atoms with Gasteiger partial charge in [-0.15, -0.1) is 0 Å². The lowest BCUT2D eigenvalue weighted by Gasteiger charge is -2.08. The molecule has 5 nitrogen and oxygen atoms in total. The van der Waals surface area contributed by atoms with Crippen LogP contribution in [0.4, 0.5) is 20.2 Å². The van der Waals surface area contributed by atoms with E-state index in [1.165, 1.54) is 0 Å². The number of halogens is 3. The highest BCUT2D eigenvalue weighted by Crippen LogP contribution is 2.25. The van der Waals surface area contributed by atoms with Crippen LogP contribution >= 0.6 is 11.6 Å². The summed E-state index contributed by atoms with van der Waals surface area (Å²) in [5.74, 6) is -2.76. The number of carbonyl (C=O) groups is 1. The van der Waals surface area contributed by atoms with E-state index < -0.39 is 28.2 Å². The predicted octanol–water partition coefficient (Wildman–Crippen LogP) is 3.78. The molecule has 2 rings (SSSR count). The fraction of sp³-hybridized carbons (Fsp3) is 0. The Labute approximate surface area is 122 Å². The number of non-ortho nitro benzene ring substituents is 1. The molecule has 8 heteroatoms. The lowest BCUT2D eigenvalue weighted by molar-refractivity contribution is -0.384. The van der Waals surface area contributed by atoms with Gasteiger partial charge in [0, 0.05) is 12.1 Å². The first-order chi connectivity index (χ1) is 9.90. The highest BCUT2D eigenvalue weighted by molar-refractivity contribution is 6.34. The van der Waals surface area contributed by atoms with Gasteiger partial charge in [-0.3, -0.25) is 14.9 Å². The second-order valence-electron chi connectivity index (χ2n) is 3.97. The van der Waals surface area contributed by atoms with Crippen LogP contribution < -0.4 is 5.32 Å². The van der Waals surface area contributed by atoms with Crippen molar-refractivity contribution >= 4 is 28.9 Å². The van der Waals surface area contributed by atoms with Crippen molar-refractivity contribution in [2.24, 2.45) is 0 Å². The van der Waals surface area contributed by atoms with Gasteiger partial charge in [0.1, 0.15) is 17.3 Å². The fourth-order valence-corrected chi connectivity index (χ4v) is 1.86. The van der Waals surface area contributed by atoms with Crippen LogP contribution in [0.5, 0.6) is 0 Å². The molecule has 0 aliphatic carbocycles. The Morgan fingerprint density at radius 1 is 1.19 bits per heavy atom. The lowest BCUT2D eigenvalue weighted by atomic mass is 10.2. The van der Waals surface area contributed by atoms with Gasteiger partial charge in [0.25, 0.3) is 11.6 Å². The van der Waals surface area contributed by atoms with Crippen molar-refractivity contribution in [3.63, 3.8) is 0 Å². The summed E-state index contributed by atoms with van der Waals surface area (Å²) in [4.78, 5) is 21.8. The number of nitro benzene ring substituents is 1. The molecule has 1 N–H and O–H groups in total. The number of benzene rings is 2. The van der Waals surface area contributed by atoms with Crippen LogP contribution in [-0.4, -0.2) is 10.8 Å². The van der Waals surface area contributed by atoms with Crippen LogP contribution in [0.1, 0.15) is 10.4 Å². The van der Waals surface area contributed by atoms with E-state index in [0.29, 0.717) is 0 Å². The number of anilines is 1. The molecule has 108 valence electrons. The Balaban J connectivity index is 2.31. The zero-order chi connectivity index (χ0) is 15.6. The van der Waals surface area contributed by atoms with E-state index in [0.717, 1.165) is 36.4 Å². The van der Waals surface area contributed by atoms with Gasteiger partial charge in [-0.05, 0) is 18.2 Å². The number of nitrogens with zero attached hydrogens (tertiary/aromatic N) is 1. The number of nitrogens with one attached hydrogen (secondary N) is 1. The normalized spacial score (nSPS) is 10.2. The van der Waals surface area contributed by atoms with Crippen molar-refractivity contribution in [3.05, 3.63) is 68.7 Å². The summed E-state index contributed by atoms with van der Waals surface area (Å²) >= 11 is 5.76. The van der Waals surface area contributed by atoms with Gasteiger partial charge in [0.2, 0.25) is 0 Å². The average molecular weight is 313 g/mol. The minimum Gasteiger partial charge on any atom is -0.317 e. The predicted molar refractivity (Wildman–Crippen MR) is 72.4 cm³/mol. The molecule has 0 spiro atoms. The zero-order valence-electron chi connectivity index (χ0n) is 10.3. The number of hydrogen-bond donors (Lipinski definition) is 1. The van der Waals surface area contributed by atoms with Crippen molar-refractivity contribution < 1.29 is 18.5 Å². The molecule has 0 heterocycles. The van der Waals surface area contributed by atoms with E-state index in [2.05, 4.69) is 0 Å². The number of nitro groups is 1. The first-order valence-corrected chi connectivity index (χ1v) is 5.97. The van der Waals surface area contributed by atoms with Crippen LogP contribution in [0.15, 0.2) is 36.4 Å². The zero-order valence-corrected chi connectivity index (χ0v) is 11.0. The Hall–Kier alpha value is -2.54. The molecule has 21 heavy (non-hydrogen) atoms. The monoisotopic (exact) mass is 312 g/mol. The fourth-order valence-electron chi connectivity index (χ4n) is 1.60. The highest BCUT2D eigenvalue weighted by Gasteiger charge is 2.17. The SMILES string of the molecule is O=C(Nc1c(F)cccc1F)c1ccc([N+](=O)[O-])cc1Cl. The van der Waals surface area contributed by atoms with Crippen LogP contribution in [0.3, 0.4) is 0 Å². The summed E-state index contributed by atoms with van der Waals surface area (Å²) in [5, 5.41) is 12.4. The second kappa shape index (κ2) is 5.84. The van der Waals surface area contributed by atoms with E-state index in [9.17, 15) is 23.7 Å². The molecule has 1 amide bonds. The third-order valence-corrected chi connectivity index (χ3v) is 2.92. The molecule has 0 atom stereocenters. The Bertz CT molecular complexity index is 717. The number of rotatable bonds is 3. The van der Waals surface area contributed by atoms with Gasteiger partial charge in [-0.2, -0.15) is 0 Å². The van der Waals surface area contributed by atoms with Crippen LogP contribution in [0.2, 0.25) is 5.02 Å². The number of para-hydroxylation sites is 1. The van der Waals surface area contributed by atoms with Crippen LogP contribution in [0, 0.1) is 21.7 Å². The van der Waals surface area contributed by atoms with Gasteiger partial charge in [0.15, 0.2) is 0 Å². The molecule has 0 aliphatic heterocycles. The lowest BCUT2D eigenvalue weighted by Crippen LogP contribution is -2.15. The maximum absolute atomic E-state index is 13.4. The Morgan fingerprint density at radius 2 is 1.81 bits per heavy atom. The molecular weight excluding hydrogens is 306 g/mol. The maximum atomic E-state index is 13.4. The van der Waals surface area contributed by atoms with Crippen molar-refractivity contribution in [1.82, 2.24) is 0 Å². The van der Waals surface area contributed by atoms with E-state index in [-0.39, 0.29) is 16.3 Å². The largest absolute Gasteiger partial charge is 0.317 e. The molecule has 2 aromatic carbocycles. The molecule has 2 aromatic rings. The van der Waals surface area contributed by atoms with E-state index in [1.54, 1.807) is 0 Å². The summed E-state index contributed by atoms with van der Waals surface area (Å²) in [6, 6.07) is 6.27. The minimum atomic E-state index is -0.943. The Kier molecular flexibility index (Phi) is 4.13. The second-order valence-corrected chi connectivity index (χ2v) is 4.38. The summed E-state index contributed by atoms with van der Waals surface area (Å²) in [7, 11) is 0. The van der Waals surface area contributed by atoms with Gasteiger partial charge in [-0.25, -0.2) is 8.78 Å². The average Bonchev–Trinajstić information content (AvgIpc) is 2.42. The molecular formula is C13H7ClF2N2O3. The quantitative estimate of drug-likeness (QED) is 0.692. The third kappa shape index (κ3) is 3.14. The van der Waals surface area contributed by atoms with Crippen LogP contribution in [-0.2, 0) is 0 Å². The molecule has 0 radical (unpaired) electrons. The smallest absolute Gasteiger partial charge is 0.270 e. The standard InChI is InChI=1S/C13H7ClF2N2O3/c14-9-6-7(18(20)21)4-5-8(9)13(19)17-12-10(15)2-1-3-11(12)16/h1-6H,(H,17,19). The Morgan fingerprint density at radius 3 is 2.33 bits per heavy atom. The molecule has 0 aromatic heterocycles. The number of carbonyl (C=O) groups excluding carboxylic acids is 1. The van der Waals surface area contributed by atoms with Gasteiger partial charge in [-0.1, -0.05) is 17.7 Å². The van der Waals surface area contributed by atoms with E-state index in [4.69, 9.17) is 11.6 Å². The minimum absolute atomic E-state index is 0.134. The first-order valence-electron chi connectivity index (χ1n) is 5.59. The third-order valence-electron chi connectivity index (χ3n) is 2.61. The molecule has 0 bridgehead atoms. The topological polar surface area (TPSA) is 72.2 Å². The molecule has 0 fully saturated rings. The molecule has 0 saturated carbocycles. The van der Waals surface area contributed by atoms with Gasteiger partial charge in [0.05, 0.1) is 15.5 Å². The van der Waals surface area contributed by atoms with Crippen LogP contribution in [0.25, 0.3) is 0 Å². The molecule has 0 aliphatic rings. The van der Waals surface area contributed by atoms with Gasteiger partial charge < -0.3 is 5.32 Å². The summed E-state index contributed by atoms with van der Waals surface area (Å²) in [6.07, 6.45) is 0. The van der Waals surface area contributed by atoms with Crippen molar-refractivity contribution in [2.75, 3.05) is 5.32 Å². The molecule has 0 saturated heterocycles. The summed E-state index contributed by atoms with van der Waals surface area (Å²) in [6.45, 7) is 0. The highest BCUT2D eigenvalue weighted by atomic mass is 35.5. The maximum Gasteiger partial charge on any atom is 0.270 e. The number of amides is 1. The van der Waals surface area contributed by atoms with E-state index >= 15 is 0 Å². The van der Waals surface area contributed by atoms with Gasteiger partial charge >= 0.3 is 0 Å². The first kappa shape index (κ1) is 14.9. The number of hydrogen-bond acceptors (Lipinski definition) is 3. The van der Waals surface area contributed by atoms with Crippen molar-refractivity contribution in [1.29, 1.82) is 0 Å². The van der Waals surface area contributed by atoms with E-state index in [1.807, 2.05) is 5.32 Å².